The van der Waals surface area contributed by atoms with Crippen LogP contribution in [0.1, 0.15) is 27.8 Å². The van der Waals surface area contributed by atoms with Gasteiger partial charge in [0.25, 0.3) is 5.91 Å². The van der Waals surface area contributed by atoms with Crippen molar-refractivity contribution in [3.05, 3.63) is 60.0 Å². The van der Waals surface area contributed by atoms with E-state index in [4.69, 9.17) is 8.94 Å². The molecule has 10 heteroatoms. The molecule has 1 aliphatic heterocycles. The Morgan fingerprint density at radius 3 is 2.43 bits per heavy atom. The normalized spacial score (nSPS) is 15.3. The topological polar surface area (TPSA) is 114 Å². The first kappa shape index (κ1) is 20.0. The summed E-state index contributed by atoms with van der Waals surface area (Å²) in [7, 11) is -3.76. The maximum absolute atomic E-state index is 12.9. The number of piperazine rings is 1. The van der Waals surface area contributed by atoms with Crippen LogP contribution in [0.4, 0.5) is 0 Å². The average Bonchev–Trinajstić information content (AvgIpc) is 3.45. The number of rotatable bonds is 5. The highest BCUT2D eigenvalue weighted by Gasteiger charge is 2.31. The molecule has 0 unspecified atom stereocenters. The third-order valence-corrected chi connectivity index (χ3v) is 6.79. The minimum absolute atomic E-state index is 0.0644. The number of amides is 1. The number of nitrogens with zero attached hydrogens (tertiary/aromatic N) is 3. The summed E-state index contributed by atoms with van der Waals surface area (Å²) in [5.41, 5.74) is 0.468. The van der Waals surface area contributed by atoms with Crippen molar-refractivity contribution >= 4 is 21.7 Å². The van der Waals surface area contributed by atoms with Crippen LogP contribution in [-0.4, -0.2) is 60.6 Å². The fraction of sp³-hybridized carbons (Fsp3) is 0.250. The Balaban J connectivity index is 1.44. The molecule has 1 amide bonds. The third kappa shape index (κ3) is 3.79. The van der Waals surface area contributed by atoms with E-state index < -0.39 is 10.0 Å². The monoisotopic (exact) mass is 429 g/mol. The molecule has 0 N–H and O–H groups in total. The molecular weight excluding hydrogens is 410 g/mol. The molecular formula is C20H19N3O6S. The summed E-state index contributed by atoms with van der Waals surface area (Å²) in [4.78, 5) is 25.8. The second-order valence-corrected chi connectivity index (χ2v) is 8.77. The molecule has 30 heavy (non-hydrogen) atoms. The Morgan fingerprint density at radius 2 is 1.77 bits per heavy atom. The molecule has 3 aromatic rings. The van der Waals surface area contributed by atoms with Crippen LogP contribution in [0.25, 0.3) is 11.5 Å². The molecule has 0 bridgehead atoms. The van der Waals surface area contributed by atoms with Gasteiger partial charge in [-0.05, 0) is 31.2 Å². The van der Waals surface area contributed by atoms with Crippen LogP contribution >= 0.6 is 0 Å². The van der Waals surface area contributed by atoms with Crippen molar-refractivity contribution in [3.63, 3.8) is 0 Å². The summed E-state index contributed by atoms with van der Waals surface area (Å²) in [6.45, 7) is 2.10. The minimum atomic E-state index is -3.76. The van der Waals surface area contributed by atoms with Crippen LogP contribution in [0.2, 0.25) is 0 Å². The largest absolute Gasteiger partial charge is 0.461 e. The first-order valence-corrected chi connectivity index (χ1v) is 10.7. The van der Waals surface area contributed by atoms with Crippen molar-refractivity contribution < 1.29 is 26.9 Å². The molecule has 0 saturated carbocycles. The number of Topliss-reactive ketones (excluding diaryl/α,β-unsaturated/α-hetero) is 1. The molecule has 0 atom stereocenters. The number of furan rings is 1. The second-order valence-electron chi connectivity index (χ2n) is 6.83. The number of hydrogen-bond donors (Lipinski definition) is 0. The van der Waals surface area contributed by atoms with Crippen LogP contribution < -0.4 is 0 Å². The molecule has 0 spiro atoms. The number of ketones is 1. The van der Waals surface area contributed by atoms with E-state index >= 15 is 0 Å². The second kappa shape index (κ2) is 7.88. The van der Waals surface area contributed by atoms with Crippen LogP contribution in [0.3, 0.4) is 0 Å². The molecule has 1 aliphatic rings. The predicted octanol–water partition coefficient (Wildman–Crippen LogP) is 2.28. The highest BCUT2D eigenvalue weighted by molar-refractivity contribution is 7.89. The molecule has 0 radical (unpaired) electrons. The standard InChI is InChI=1S/C20H19N3O6S/c1-14(24)15-4-2-5-16(12-15)30(26,27)23-9-7-22(8-10-23)20(25)17-13-19(29-21-17)18-6-3-11-28-18/h2-6,11-13H,7-10H2,1H3. The number of sulfonamides is 1. The van der Waals surface area contributed by atoms with Crippen LogP contribution in [-0.2, 0) is 10.0 Å². The smallest absolute Gasteiger partial charge is 0.276 e. The molecule has 3 heterocycles. The lowest BCUT2D eigenvalue weighted by molar-refractivity contribution is 0.0687. The molecule has 156 valence electrons. The molecule has 9 nitrogen and oxygen atoms in total. The van der Waals surface area contributed by atoms with Gasteiger partial charge in [-0.2, -0.15) is 4.31 Å². The molecule has 0 aliphatic carbocycles. The summed E-state index contributed by atoms with van der Waals surface area (Å²) in [5, 5.41) is 3.80. The SMILES string of the molecule is CC(=O)c1cccc(S(=O)(=O)N2CCN(C(=O)c3cc(-c4ccco4)on3)CC2)c1. The molecule has 1 saturated heterocycles. The summed E-state index contributed by atoms with van der Waals surface area (Å²) < 4.78 is 37.5. The van der Waals surface area contributed by atoms with Crippen LogP contribution in [0.5, 0.6) is 0 Å². The van der Waals surface area contributed by atoms with Gasteiger partial charge in [-0.1, -0.05) is 17.3 Å². The van der Waals surface area contributed by atoms with Gasteiger partial charge in [0.2, 0.25) is 15.8 Å². The number of carbonyl (C=O) groups excluding carboxylic acids is 2. The quantitative estimate of drug-likeness (QED) is 0.572. The van der Waals surface area contributed by atoms with E-state index in [9.17, 15) is 18.0 Å². The Labute approximate surface area is 172 Å². The highest BCUT2D eigenvalue weighted by Crippen LogP contribution is 2.23. The highest BCUT2D eigenvalue weighted by atomic mass is 32.2. The number of hydrogen-bond acceptors (Lipinski definition) is 7. The lowest BCUT2D eigenvalue weighted by Crippen LogP contribution is -2.50. The molecule has 4 rings (SSSR count). The van der Waals surface area contributed by atoms with E-state index in [1.165, 1.54) is 40.6 Å². The summed E-state index contributed by atoms with van der Waals surface area (Å²) >= 11 is 0. The molecule has 1 aromatic carbocycles. The van der Waals surface area contributed by atoms with Gasteiger partial charge >= 0.3 is 0 Å². The van der Waals surface area contributed by atoms with Crippen molar-refractivity contribution in [3.8, 4) is 11.5 Å². The van der Waals surface area contributed by atoms with Gasteiger partial charge in [0.1, 0.15) is 0 Å². The fourth-order valence-electron chi connectivity index (χ4n) is 3.23. The van der Waals surface area contributed by atoms with E-state index in [1.54, 1.807) is 24.3 Å². The number of carbonyl (C=O) groups is 2. The van der Waals surface area contributed by atoms with Crippen molar-refractivity contribution in [1.29, 1.82) is 0 Å². The van der Waals surface area contributed by atoms with Crippen molar-refractivity contribution in [1.82, 2.24) is 14.4 Å². The third-order valence-electron chi connectivity index (χ3n) is 4.90. The Kier molecular flexibility index (Phi) is 5.27. The molecule has 1 fully saturated rings. The van der Waals surface area contributed by atoms with Gasteiger partial charge in [0, 0.05) is 37.8 Å². The van der Waals surface area contributed by atoms with Crippen molar-refractivity contribution in [2.75, 3.05) is 26.2 Å². The number of aromatic nitrogens is 1. The van der Waals surface area contributed by atoms with E-state index in [1.807, 2.05) is 0 Å². The lowest BCUT2D eigenvalue weighted by atomic mass is 10.2. The van der Waals surface area contributed by atoms with Gasteiger partial charge in [-0.25, -0.2) is 8.42 Å². The number of benzene rings is 1. The Bertz CT molecular complexity index is 1170. The van der Waals surface area contributed by atoms with E-state index in [0.717, 1.165) is 0 Å². The van der Waals surface area contributed by atoms with Gasteiger partial charge in [-0.3, -0.25) is 9.59 Å². The summed E-state index contributed by atoms with van der Waals surface area (Å²) in [5.74, 6) is 0.261. The zero-order chi connectivity index (χ0) is 21.3. The first-order valence-electron chi connectivity index (χ1n) is 9.27. The van der Waals surface area contributed by atoms with E-state index in [2.05, 4.69) is 5.16 Å². The summed E-state index contributed by atoms with van der Waals surface area (Å²) in [6, 6.07) is 10.9. The van der Waals surface area contributed by atoms with Gasteiger partial charge in [0.15, 0.2) is 17.2 Å². The molecule has 2 aromatic heterocycles. The first-order chi connectivity index (χ1) is 14.4. The van der Waals surface area contributed by atoms with Gasteiger partial charge in [0.05, 0.1) is 11.2 Å². The van der Waals surface area contributed by atoms with Crippen LogP contribution in [0.15, 0.2) is 62.6 Å². The summed E-state index contributed by atoms with van der Waals surface area (Å²) in [6.07, 6.45) is 1.49. The van der Waals surface area contributed by atoms with Gasteiger partial charge in [-0.15, -0.1) is 0 Å². The van der Waals surface area contributed by atoms with Crippen molar-refractivity contribution in [2.45, 2.75) is 11.8 Å². The Morgan fingerprint density at radius 1 is 1.00 bits per heavy atom. The van der Waals surface area contributed by atoms with Gasteiger partial charge < -0.3 is 13.8 Å². The maximum Gasteiger partial charge on any atom is 0.276 e. The predicted molar refractivity (Wildman–Crippen MR) is 105 cm³/mol. The zero-order valence-corrected chi connectivity index (χ0v) is 17.0. The van der Waals surface area contributed by atoms with Crippen molar-refractivity contribution in [2.24, 2.45) is 0 Å². The van der Waals surface area contributed by atoms with Crippen LogP contribution in [0, 0.1) is 0 Å². The average molecular weight is 429 g/mol. The van der Waals surface area contributed by atoms with E-state index in [-0.39, 0.29) is 48.5 Å². The lowest BCUT2D eigenvalue weighted by Gasteiger charge is -2.33. The Hall–Kier alpha value is -3.24. The minimum Gasteiger partial charge on any atom is -0.461 e. The zero-order valence-electron chi connectivity index (χ0n) is 16.1. The maximum atomic E-state index is 12.9. The van der Waals surface area contributed by atoms with E-state index in [0.29, 0.717) is 17.1 Å². The fourth-order valence-corrected chi connectivity index (χ4v) is 4.70.